The fraction of sp³-hybridized carbons (Fsp3) is 0.778. The number of carbonyl (C=O) groups is 1. The number of nitrogens with one attached hydrogen (secondary N) is 1. The van der Waals surface area contributed by atoms with Crippen molar-refractivity contribution in [1.29, 1.82) is 0 Å². The average molecular weight is 320 g/mol. The predicted octanol–water partition coefficient (Wildman–Crippen LogP) is 3.16. The number of amides is 1. The number of rotatable bonds is 7. The molecular weight excluding hydrogens is 288 g/mol. The molecule has 1 aliphatic rings. The van der Waals surface area contributed by atoms with Crippen molar-refractivity contribution in [1.82, 2.24) is 20.0 Å². The first-order valence-corrected chi connectivity index (χ1v) is 9.15. The van der Waals surface area contributed by atoms with E-state index in [0.29, 0.717) is 24.3 Å². The largest absolute Gasteiger partial charge is 0.349 e. The van der Waals surface area contributed by atoms with E-state index < -0.39 is 0 Å². The minimum absolute atomic E-state index is 0.0533. The van der Waals surface area contributed by atoms with Gasteiger partial charge < -0.3 is 5.32 Å². The van der Waals surface area contributed by atoms with E-state index in [4.69, 9.17) is 0 Å². The molecule has 1 unspecified atom stereocenters. The maximum Gasteiger partial charge on any atom is 0.271 e. The summed E-state index contributed by atoms with van der Waals surface area (Å²) in [7, 11) is 0. The van der Waals surface area contributed by atoms with Gasteiger partial charge in [-0.05, 0) is 52.1 Å². The lowest BCUT2D eigenvalue weighted by Gasteiger charge is -2.33. The fourth-order valence-electron chi connectivity index (χ4n) is 3.50. The molecule has 0 saturated carbocycles. The second kappa shape index (κ2) is 8.48. The summed E-state index contributed by atoms with van der Waals surface area (Å²) in [6.45, 7) is 11.4. The molecule has 1 atom stereocenters. The molecule has 0 aliphatic carbocycles. The van der Waals surface area contributed by atoms with Crippen LogP contribution in [0.1, 0.15) is 75.1 Å². The van der Waals surface area contributed by atoms with E-state index in [1.54, 1.807) is 0 Å². The Morgan fingerprint density at radius 3 is 2.78 bits per heavy atom. The van der Waals surface area contributed by atoms with Crippen molar-refractivity contribution in [3.05, 3.63) is 17.5 Å². The number of likely N-dealkylation sites (tertiary alicyclic amines) is 1. The molecule has 1 amide bonds. The molecule has 1 N–H and O–H groups in total. The first-order chi connectivity index (χ1) is 11.1. The Morgan fingerprint density at radius 2 is 2.13 bits per heavy atom. The second-order valence-corrected chi connectivity index (χ2v) is 6.72. The van der Waals surface area contributed by atoms with Crippen molar-refractivity contribution in [2.45, 2.75) is 71.9 Å². The highest BCUT2D eigenvalue weighted by Gasteiger charge is 2.19. The molecule has 5 heteroatoms. The van der Waals surface area contributed by atoms with Crippen LogP contribution in [-0.4, -0.2) is 46.3 Å². The van der Waals surface area contributed by atoms with Gasteiger partial charge in [-0.15, -0.1) is 0 Å². The Kier molecular flexibility index (Phi) is 6.63. The van der Waals surface area contributed by atoms with Crippen molar-refractivity contribution in [3.63, 3.8) is 0 Å². The van der Waals surface area contributed by atoms with Crippen LogP contribution < -0.4 is 5.32 Å². The van der Waals surface area contributed by atoms with Gasteiger partial charge in [0, 0.05) is 24.8 Å². The van der Waals surface area contributed by atoms with Crippen LogP contribution >= 0.6 is 0 Å². The number of nitrogens with zero attached hydrogens (tertiary/aromatic N) is 3. The van der Waals surface area contributed by atoms with Crippen LogP contribution in [0.15, 0.2) is 6.07 Å². The Labute approximate surface area is 140 Å². The van der Waals surface area contributed by atoms with Crippen LogP contribution in [0.4, 0.5) is 0 Å². The SMILES string of the molecule is CCC(CC)n1nc(C(=O)NCCN2CCCCC2C)cc1C. The molecule has 5 nitrogen and oxygen atoms in total. The van der Waals surface area contributed by atoms with Crippen molar-refractivity contribution >= 4 is 5.91 Å². The number of hydrogen-bond donors (Lipinski definition) is 1. The lowest BCUT2D eigenvalue weighted by atomic mass is 10.0. The summed E-state index contributed by atoms with van der Waals surface area (Å²) in [5.41, 5.74) is 1.61. The van der Waals surface area contributed by atoms with Crippen LogP contribution in [0, 0.1) is 6.92 Å². The van der Waals surface area contributed by atoms with E-state index in [9.17, 15) is 4.79 Å². The minimum atomic E-state index is -0.0533. The number of aromatic nitrogens is 2. The van der Waals surface area contributed by atoms with E-state index in [-0.39, 0.29) is 5.91 Å². The van der Waals surface area contributed by atoms with Gasteiger partial charge in [0.1, 0.15) is 5.69 Å². The summed E-state index contributed by atoms with van der Waals surface area (Å²) >= 11 is 0. The van der Waals surface area contributed by atoms with E-state index in [2.05, 4.69) is 36.1 Å². The van der Waals surface area contributed by atoms with E-state index in [1.165, 1.54) is 19.3 Å². The predicted molar refractivity (Wildman–Crippen MR) is 93.8 cm³/mol. The van der Waals surface area contributed by atoms with Crippen LogP contribution in [0.3, 0.4) is 0 Å². The zero-order valence-electron chi connectivity index (χ0n) is 15.1. The molecule has 0 radical (unpaired) electrons. The molecule has 1 fully saturated rings. The molecule has 1 aromatic heterocycles. The lowest BCUT2D eigenvalue weighted by Crippen LogP contribution is -2.42. The van der Waals surface area contributed by atoms with E-state index in [1.807, 2.05) is 17.7 Å². The van der Waals surface area contributed by atoms with Gasteiger partial charge in [0.2, 0.25) is 0 Å². The molecule has 23 heavy (non-hydrogen) atoms. The molecule has 1 aromatic rings. The maximum atomic E-state index is 12.3. The Hall–Kier alpha value is -1.36. The second-order valence-electron chi connectivity index (χ2n) is 6.72. The van der Waals surface area contributed by atoms with E-state index >= 15 is 0 Å². The number of aryl methyl sites for hydroxylation is 1. The molecule has 0 spiro atoms. The molecule has 2 rings (SSSR count). The van der Waals surface area contributed by atoms with Gasteiger partial charge in [0.25, 0.3) is 5.91 Å². The van der Waals surface area contributed by atoms with Crippen molar-refractivity contribution in [2.75, 3.05) is 19.6 Å². The molecule has 130 valence electrons. The standard InChI is InChI=1S/C18H32N4O/c1-5-16(6-2)22-15(4)13-17(20-22)18(23)19-10-12-21-11-8-7-9-14(21)3/h13-14,16H,5-12H2,1-4H3,(H,19,23). The Balaban J connectivity index is 1.87. The van der Waals surface area contributed by atoms with Crippen LogP contribution in [0.2, 0.25) is 0 Å². The lowest BCUT2D eigenvalue weighted by molar-refractivity contribution is 0.0932. The molecule has 0 bridgehead atoms. The Morgan fingerprint density at radius 1 is 1.39 bits per heavy atom. The first kappa shape index (κ1) is 18.0. The van der Waals surface area contributed by atoms with Crippen LogP contribution in [0.5, 0.6) is 0 Å². The van der Waals surface area contributed by atoms with Crippen molar-refractivity contribution < 1.29 is 4.79 Å². The van der Waals surface area contributed by atoms with Crippen LogP contribution in [-0.2, 0) is 0 Å². The summed E-state index contributed by atoms with van der Waals surface area (Å²) in [5.74, 6) is -0.0533. The highest BCUT2D eigenvalue weighted by molar-refractivity contribution is 5.92. The van der Waals surface area contributed by atoms with Gasteiger partial charge in [-0.1, -0.05) is 20.3 Å². The smallest absolute Gasteiger partial charge is 0.271 e. The van der Waals surface area contributed by atoms with Gasteiger partial charge in [-0.3, -0.25) is 14.4 Å². The zero-order valence-corrected chi connectivity index (χ0v) is 15.1. The summed E-state index contributed by atoms with van der Waals surface area (Å²) < 4.78 is 2.00. The summed E-state index contributed by atoms with van der Waals surface area (Å²) in [5, 5.41) is 7.55. The summed E-state index contributed by atoms with van der Waals surface area (Å²) in [4.78, 5) is 14.8. The maximum absolute atomic E-state index is 12.3. The summed E-state index contributed by atoms with van der Waals surface area (Å²) in [6.07, 6.45) is 5.95. The van der Waals surface area contributed by atoms with Gasteiger partial charge in [0.05, 0.1) is 6.04 Å². The van der Waals surface area contributed by atoms with Crippen molar-refractivity contribution in [2.24, 2.45) is 0 Å². The third-order valence-electron chi connectivity index (χ3n) is 5.07. The zero-order chi connectivity index (χ0) is 16.8. The highest BCUT2D eigenvalue weighted by atomic mass is 16.1. The highest BCUT2D eigenvalue weighted by Crippen LogP contribution is 2.18. The molecular formula is C18H32N4O. The van der Waals surface area contributed by atoms with Gasteiger partial charge >= 0.3 is 0 Å². The van der Waals surface area contributed by atoms with Crippen molar-refractivity contribution in [3.8, 4) is 0 Å². The van der Waals surface area contributed by atoms with Gasteiger partial charge in [-0.2, -0.15) is 5.10 Å². The normalized spacial score (nSPS) is 19.3. The third kappa shape index (κ3) is 4.56. The first-order valence-electron chi connectivity index (χ1n) is 9.15. The molecule has 2 heterocycles. The van der Waals surface area contributed by atoms with Gasteiger partial charge in [0.15, 0.2) is 0 Å². The molecule has 1 saturated heterocycles. The van der Waals surface area contributed by atoms with Crippen LogP contribution in [0.25, 0.3) is 0 Å². The van der Waals surface area contributed by atoms with Gasteiger partial charge in [-0.25, -0.2) is 0 Å². The fourth-order valence-corrected chi connectivity index (χ4v) is 3.50. The summed E-state index contributed by atoms with van der Waals surface area (Å²) in [6, 6.07) is 2.92. The number of hydrogen-bond acceptors (Lipinski definition) is 3. The number of carbonyl (C=O) groups excluding carboxylic acids is 1. The average Bonchev–Trinajstić information content (AvgIpc) is 2.92. The minimum Gasteiger partial charge on any atom is -0.349 e. The quantitative estimate of drug-likeness (QED) is 0.839. The molecule has 1 aliphatic heterocycles. The Bertz CT molecular complexity index is 507. The number of piperidine rings is 1. The van der Waals surface area contributed by atoms with E-state index in [0.717, 1.165) is 31.6 Å². The third-order valence-corrected chi connectivity index (χ3v) is 5.07. The molecule has 0 aromatic carbocycles. The monoisotopic (exact) mass is 320 g/mol. The topological polar surface area (TPSA) is 50.2 Å².